The highest BCUT2D eigenvalue weighted by Crippen LogP contribution is 2.30. The molecule has 17 heavy (non-hydrogen) atoms. The summed E-state index contributed by atoms with van der Waals surface area (Å²) in [5.41, 5.74) is 0.418. The van der Waals surface area contributed by atoms with Crippen LogP contribution in [0.25, 0.3) is 0 Å². The van der Waals surface area contributed by atoms with Crippen LogP contribution in [0.15, 0.2) is 23.8 Å². The summed E-state index contributed by atoms with van der Waals surface area (Å²) < 4.78 is 0. The maximum atomic E-state index is 12.0. The monoisotopic (exact) mass is 234 g/mol. The van der Waals surface area contributed by atoms with Gasteiger partial charge in [0.25, 0.3) is 0 Å². The molecule has 0 aromatic heterocycles. The number of hydrogen-bond donors (Lipinski definition) is 1. The minimum absolute atomic E-state index is 0.0752. The van der Waals surface area contributed by atoms with E-state index in [0.717, 1.165) is 18.4 Å². The topological polar surface area (TPSA) is 49.4 Å². The van der Waals surface area contributed by atoms with Crippen LogP contribution in [-0.4, -0.2) is 28.4 Å². The summed E-state index contributed by atoms with van der Waals surface area (Å²) in [4.78, 5) is 25.4. The molecule has 1 fully saturated rings. The maximum absolute atomic E-state index is 12.0. The molecule has 2 aliphatic rings. The van der Waals surface area contributed by atoms with Gasteiger partial charge in [-0.3, -0.25) is 9.59 Å². The first kappa shape index (κ1) is 11.9. The number of amides is 2. The zero-order valence-electron chi connectivity index (χ0n) is 10.5. The number of nitrogens with one attached hydrogen (secondary N) is 1. The molecule has 1 unspecified atom stereocenters. The lowest BCUT2D eigenvalue weighted by Gasteiger charge is -2.33. The minimum atomic E-state index is -0.602. The Morgan fingerprint density at radius 3 is 2.71 bits per heavy atom. The van der Waals surface area contributed by atoms with Crippen molar-refractivity contribution in [3.05, 3.63) is 23.8 Å². The van der Waals surface area contributed by atoms with E-state index >= 15 is 0 Å². The first-order valence-corrected chi connectivity index (χ1v) is 5.89. The fourth-order valence-electron chi connectivity index (χ4n) is 2.62. The SMILES string of the molecule is CC(=O)N1C(C2=CCC=CC2)C(=O)NC1(C)C. The zero-order chi connectivity index (χ0) is 12.6. The molecule has 0 aromatic carbocycles. The van der Waals surface area contributed by atoms with Crippen LogP contribution in [0, 0.1) is 0 Å². The van der Waals surface area contributed by atoms with Crippen molar-refractivity contribution in [3.63, 3.8) is 0 Å². The van der Waals surface area contributed by atoms with Crippen molar-refractivity contribution in [1.82, 2.24) is 10.2 Å². The average Bonchev–Trinajstić information content (AvgIpc) is 2.49. The molecule has 1 saturated heterocycles. The van der Waals surface area contributed by atoms with Gasteiger partial charge >= 0.3 is 0 Å². The molecule has 0 bridgehead atoms. The molecule has 4 nitrogen and oxygen atoms in total. The van der Waals surface area contributed by atoms with Gasteiger partial charge in [-0.05, 0) is 32.3 Å². The Kier molecular flexibility index (Phi) is 2.81. The molecule has 1 aliphatic carbocycles. The quantitative estimate of drug-likeness (QED) is 0.696. The van der Waals surface area contributed by atoms with Gasteiger partial charge in [-0.2, -0.15) is 0 Å². The van der Waals surface area contributed by atoms with Crippen molar-refractivity contribution in [3.8, 4) is 0 Å². The number of carbonyl (C=O) groups is 2. The second-order valence-corrected chi connectivity index (χ2v) is 5.03. The average molecular weight is 234 g/mol. The Labute approximate surface area is 101 Å². The van der Waals surface area contributed by atoms with Crippen molar-refractivity contribution in [2.24, 2.45) is 0 Å². The highest BCUT2D eigenvalue weighted by Gasteiger charge is 2.47. The number of allylic oxidation sites excluding steroid dienone is 3. The Balaban J connectivity index is 2.34. The van der Waals surface area contributed by atoms with E-state index in [2.05, 4.69) is 11.4 Å². The van der Waals surface area contributed by atoms with E-state index in [1.165, 1.54) is 6.92 Å². The van der Waals surface area contributed by atoms with Crippen LogP contribution in [0.1, 0.15) is 33.6 Å². The van der Waals surface area contributed by atoms with Crippen LogP contribution < -0.4 is 5.32 Å². The third-order valence-electron chi connectivity index (χ3n) is 3.26. The van der Waals surface area contributed by atoms with Crippen LogP contribution in [0.5, 0.6) is 0 Å². The molecule has 2 rings (SSSR count). The summed E-state index contributed by atoms with van der Waals surface area (Å²) in [6, 6.07) is -0.438. The second-order valence-electron chi connectivity index (χ2n) is 5.03. The first-order valence-electron chi connectivity index (χ1n) is 5.89. The Bertz CT molecular complexity index is 421. The van der Waals surface area contributed by atoms with Gasteiger partial charge in [0.05, 0.1) is 0 Å². The molecule has 0 saturated carbocycles. The minimum Gasteiger partial charge on any atom is -0.332 e. The summed E-state index contributed by atoms with van der Waals surface area (Å²) in [7, 11) is 0. The van der Waals surface area contributed by atoms with E-state index in [9.17, 15) is 9.59 Å². The highest BCUT2D eigenvalue weighted by atomic mass is 16.2. The highest BCUT2D eigenvalue weighted by molar-refractivity contribution is 5.94. The molecule has 4 heteroatoms. The van der Waals surface area contributed by atoms with Gasteiger partial charge in [0.1, 0.15) is 11.7 Å². The zero-order valence-corrected chi connectivity index (χ0v) is 10.5. The summed E-state index contributed by atoms with van der Waals surface area (Å²) in [5.74, 6) is -0.152. The Hall–Kier alpha value is -1.58. The maximum Gasteiger partial charge on any atom is 0.248 e. The predicted octanol–water partition coefficient (Wildman–Crippen LogP) is 1.35. The van der Waals surface area contributed by atoms with Crippen molar-refractivity contribution < 1.29 is 9.59 Å². The van der Waals surface area contributed by atoms with Crippen LogP contribution in [0.3, 0.4) is 0 Å². The van der Waals surface area contributed by atoms with E-state index < -0.39 is 11.7 Å². The lowest BCUT2D eigenvalue weighted by atomic mass is 9.97. The molecule has 1 heterocycles. The van der Waals surface area contributed by atoms with Gasteiger partial charge in [0, 0.05) is 6.92 Å². The largest absolute Gasteiger partial charge is 0.332 e. The summed E-state index contributed by atoms with van der Waals surface area (Å²) in [6.07, 6.45) is 7.75. The second kappa shape index (κ2) is 4.02. The molecule has 2 amide bonds. The molecule has 0 aromatic rings. The van der Waals surface area contributed by atoms with Crippen LogP contribution >= 0.6 is 0 Å². The van der Waals surface area contributed by atoms with Gasteiger partial charge in [0.15, 0.2) is 0 Å². The third kappa shape index (κ3) is 1.99. The first-order chi connectivity index (χ1) is 7.93. The summed E-state index contributed by atoms with van der Waals surface area (Å²) in [6.45, 7) is 5.21. The molecule has 0 spiro atoms. The molecule has 1 aliphatic heterocycles. The van der Waals surface area contributed by atoms with E-state index in [0.29, 0.717) is 0 Å². The number of rotatable bonds is 1. The van der Waals surface area contributed by atoms with Crippen LogP contribution in [-0.2, 0) is 9.59 Å². The van der Waals surface area contributed by atoms with Crippen molar-refractivity contribution in [1.29, 1.82) is 0 Å². The number of hydrogen-bond acceptors (Lipinski definition) is 2. The van der Waals surface area contributed by atoms with Crippen molar-refractivity contribution in [2.75, 3.05) is 0 Å². The fourth-order valence-corrected chi connectivity index (χ4v) is 2.62. The van der Waals surface area contributed by atoms with Gasteiger partial charge in [-0.15, -0.1) is 0 Å². The van der Waals surface area contributed by atoms with Crippen LogP contribution in [0.2, 0.25) is 0 Å². The third-order valence-corrected chi connectivity index (χ3v) is 3.26. The van der Waals surface area contributed by atoms with E-state index in [1.54, 1.807) is 4.90 Å². The normalized spacial score (nSPS) is 26.8. The summed E-state index contributed by atoms with van der Waals surface area (Å²) >= 11 is 0. The van der Waals surface area contributed by atoms with Gasteiger partial charge in [-0.25, -0.2) is 0 Å². The molecular formula is C13H18N2O2. The van der Waals surface area contributed by atoms with Crippen LogP contribution in [0.4, 0.5) is 0 Å². The predicted molar refractivity (Wildman–Crippen MR) is 65.0 cm³/mol. The van der Waals surface area contributed by atoms with E-state index in [4.69, 9.17) is 0 Å². The molecule has 1 N–H and O–H groups in total. The van der Waals surface area contributed by atoms with Gasteiger partial charge < -0.3 is 10.2 Å². The Morgan fingerprint density at radius 2 is 2.18 bits per heavy atom. The standard InChI is InChI=1S/C13H18N2O2/c1-9(16)15-11(10-7-5-4-6-8-10)12(17)14-13(15,2)3/h4-5,8,11H,6-7H2,1-3H3,(H,14,17). The molecule has 0 radical (unpaired) electrons. The van der Waals surface area contributed by atoms with E-state index in [1.807, 2.05) is 26.0 Å². The number of carbonyl (C=O) groups excluding carboxylic acids is 2. The van der Waals surface area contributed by atoms with Crippen molar-refractivity contribution >= 4 is 11.8 Å². The fraction of sp³-hybridized carbons (Fsp3) is 0.538. The molecule has 92 valence electrons. The van der Waals surface area contributed by atoms with E-state index in [-0.39, 0.29) is 11.8 Å². The lowest BCUT2D eigenvalue weighted by Crippen LogP contribution is -2.50. The molecule has 1 atom stereocenters. The van der Waals surface area contributed by atoms with Gasteiger partial charge in [-0.1, -0.05) is 18.2 Å². The Morgan fingerprint density at radius 1 is 1.47 bits per heavy atom. The lowest BCUT2D eigenvalue weighted by molar-refractivity contribution is -0.135. The number of nitrogens with zero attached hydrogens (tertiary/aromatic N) is 1. The van der Waals surface area contributed by atoms with Crippen molar-refractivity contribution in [2.45, 2.75) is 45.3 Å². The smallest absolute Gasteiger partial charge is 0.248 e. The molecular weight excluding hydrogens is 216 g/mol. The van der Waals surface area contributed by atoms with Gasteiger partial charge in [0.2, 0.25) is 11.8 Å². The summed E-state index contributed by atoms with van der Waals surface area (Å²) in [5, 5.41) is 2.87.